The van der Waals surface area contributed by atoms with Crippen LogP contribution in [0.3, 0.4) is 0 Å². The van der Waals surface area contributed by atoms with Crippen LogP contribution in [0.1, 0.15) is 0 Å². The van der Waals surface area contributed by atoms with E-state index in [-0.39, 0.29) is 0 Å². The molecule has 0 aliphatic heterocycles. The second kappa shape index (κ2) is 12.8. The maximum absolute atomic E-state index is 5.20. The van der Waals surface area contributed by atoms with Crippen molar-refractivity contribution in [3.05, 3.63) is 182 Å². The van der Waals surface area contributed by atoms with E-state index in [2.05, 4.69) is 187 Å². The van der Waals surface area contributed by atoms with Crippen molar-refractivity contribution in [3.63, 3.8) is 0 Å². The zero-order valence-electron chi connectivity index (χ0n) is 28.9. The average molecular weight is 743 g/mol. The predicted molar refractivity (Wildman–Crippen MR) is 236 cm³/mol. The fourth-order valence-electron chi connectivity index (χ4n) is 7.74. The summed E-state index contributed by atoms with van der Waals surface area (Å²) >= 11 is 5.47. The van der Waals surface area contributed by atoms with Gasteiger partial charge in [-0.1, -0.05) is 115 Å². The summed E-state index contributed by atoms with van der Waals surface area (Å²) in [6, 6.07) is 66.0. The van der Waals surface area contributed by atoms with E-state index in [9.17, 15) is 0 Å². The summed E-state index contributed by atoms with van der Waals surface area (Å²) in [5, 5.41) is 6.16. The molecule has 0 aliphatic carbocycles. The van der Waals surface area contributed by atoms with E-state index in [4.69, 9.17) is 4.98 Å². The highest BCUT2D eigenvalue weighted by atomic mass is 32.1. The maximum atomic E-state index is 5.20. The van der Waals surface area contributed by atoms with Crippen molar-refractivity contribution in [1.82, 2.24) is 4.98 Å². The zero-order valence-corrected chi connectivity index (χ0v) is 31.4. The summed E-state index contributed by atoms with van der Waals surface area (Å²) in [5.41, 5.74) is 10.5. The topological polar surface area (TPSA) is 16.1 Å². The Morgan fingerprint density at radius 1 is 0.352 bits per heavy atom. The molecule has 3 heterocycles. The van der Waals surface area contributed by atoms with Gasteiger partial charge in [0.1, 0.15) is 5.01 Å². The van der Waals surface area contributed by atoms with Crippen molar-refractivity contribution in [2.75, 3.05) is 4.90 Å². The van der Waals surface area contributed by atoms with Gasteiger partial charge in [-0.15, -0.1) is 34.0 Å². The minimum atomic E-state index is 1.06. The largest absolute Gasteiger partial charge is 0.310 e. The van der Waals surface area contributed by atoms with Gasteiger partial charge in [0, 0.05) is 57.3 Å². The van der Waals surface area contributed by atoms with Gasteiger partial charge in [0.2, 0.25) is 0 Å². The Labute approximate surface area is 324 Å². The fraction of sp³-hybridized carbons (Fsp3) is 0. The Balaban J connectivity index is 1.03. The van der Waals surface area contributed by atoms with Gasteiger partial charge >= 0.3 is 0 Å². The molecule has 0 radical (unpaired) electrons. The minimum absolute atomic E-state index is 1.06. The van der Waals surface area contributed by atoms with Crippen LogP contribution >= 0.6 is 34.0 Å². The molecule has 0 atom stereocenters. The molecule has 0 amide bonds. The molecule has 8 aromatic carbocycles. The Hall–Kier alpha value is -6.11. The molecule has 0 spiro atoms. The summed E-state index contributed by atoms with van der Waals surface area (Å²) < 4.78 is 6.38. The van der Waals surface area contributed by atoms with E-state index in [1.54, 1.807) is 11.3 Å². The first-order valence-electron chi connectivity index (χ1n) is 18.0. The maximum Gasteiger partial charge on any atom is 0.124 e. The number of benzene rings is 8. The van der Waals surface area contributed by atoms with Gasteiger partial charge in [0.15, 0.2) is 0 Å². The Morgan fingerprint density at radius 3 is 1.63 bits per heavy atom. The summed E-state index contributed by atoms with van der Waals surface area (Å²) in [6.45, 7) is 0. The SMILES string of the molecule is c1ccc(-c2ccc(N(c3ccc(-c4ccc5sc6ccc7sc(-c8ccccc8)nc7c6c5c4)cc3)c3cccc4sc5ccccc5c34)cc2)cc1. The molecule has 5 heteroatoms. The molecule has 0 saturated carbocycles. The van der Waals surface area contributed by atoms with Crippen LogP contribution in [0.4, 0.5) is 17.1 Å². The molecule has 0 bridgehead atoms. The molecule has 0 aliphatic rings. The van der Waals surface area contributed by atoms with Gasteiger partial charge in [-0.25, -0.2) is 4.98 Å². The van der Waals surface area contributed by atoms with Crippen LogP contribution in [0.5, 0.6) is 0 Å². The quantitative estimate of drug-likeness (QED) is 0.169. The highest BCUT2D eigenvalue weighted by molar-refractivity contribution is 7.27. The summed E-state index contributed by atoms with van der Waals surface area (Å²) in [7, 11) is 0. The molecule has 11 aromatic rings. The monoisotopic (exact) mass is 742 g/mol. The van der Waals surface area contributed by atoms with Gasteiger partial charge in [-0.05, 0) is 89.0 Å². The highest BCUT2D eigenvalue weighted by Gasteiger charge is 2.19. The second-order valence-corrected chi connectivity index (χ2v) is 16.7. The average Bonchev–Trinajstić information content (AvgIpc) is 3.95. The van der Waals surface area contributed by atoms with Crippen molar-refractivity contribution < 1.29 is 0 Å². The Kier molecular flexibility index (Phi) is 7.44. The first kappa shape index (κ1) is 31.4. The van der Waals surface area contributed by atoms with Crippen LogP contribution in [-0.4, -0.2) is 4.98 Å². The number of thiophene rings is 2. The number of rotatable bonds is 6. The molecule has 0 saturated heterocycles. The lowest BCUT2D eigenvalue weighted by Gasteiger charge is -2.27. The van der Waals surface area contributed by atoms with Crippen LogP contribution in [-0.2, 0) is 0 Å². The van der Waals surface area contributed by atoms with E-state index in [1.165, 1.54) is 73.0 Å². The first-order chi connectivity index (χ1) is 26.7. The van der Waals surface area contributed by atoms with Gasteiger partial charge in [0.05, 0.1) is 15.9 Å². The van der Waals surface area contributed by atoms with Crippen molar-refractivity contribution in [2.24, 2.45) is 0 Å². The highest BCUT2D eigenvalue weighted by Crippen LogP contribution is 2.46. The van der Waals surface area contributed by atoms with Gasteiger partial charge < -0.3 is 4.90 Å². The third-order valence-electron chi connectivity index (χ3n) is 10.3. The van der Waals surface area contributed by atoms with Crippen molar-refractivity contribution >= 4 is 102 Å². The second-order valence-electron chi connectivity index (χ2n) is 13.5. The van der Waals surface area contributed by atoms with E-state index in [0.29, 0.717) is 0 Å². The number of anilines is 3. The molecule has 254 valence electrons. The third kappa shape index (κ3) is 5.24. The molecule has 0 fully saturated rings. The van der Waals surface area contributed by atoms with Crippen molar-refractivity contribution in [2.45, 2.75) is 0 Å². The van der Waals surface area contributed by atoms with Crippen LogP contribution in [0.15, 0.2) is 182 Å². The number of aromatic nitrogens is 1. The van der Waals surface area contributed by atoms with E-state index in [1.807, 2.05) is 22.7 Å². The van der Waals surface area contributed by atoms with Crippen LogP contribution in [0.2, 0.25) is 0 Å². The number of nitrogens with zero attached hydrogens (tertiary/aromatic N) is 2. The van der Waals surface area contributed by atoms with E-state index >= 15 is 0 Å². The lowest BCUT2D eigenvalue weighted by Crippen LogP contribution is -2.10. The molecular formula is C49H30N2S3. The van der Waals surface area contributed by atoms with Gasteiger partial charge in [0.25, 0.3) is 0 Å². The van der Waals surface area contributed by atoms with Crippen LogP contribution in [0, 0.1) is 0 Å². The smallest absolute Gasteiger partial charge is 0.124 e. The van der Waals surface area contributed by atoms with E-state index < -0.39 is 0 Å². The number of fused-ring (bicyclic) bond motifs is 8. The molecule has 0 unspecified atom stereocenters. The predicted octanol–water partition coefficient (Wildman–Crippen LogP) is 15.5. The normalized spacial score (nSPS) is 11.7. The number of hydrogen-bond donors (Lipinski definition) is 0. The third-order valence-corrected chi connectivity index (χ3v) is 13.7. The summed E-state index contributed by atoms with van der Waals surface area (Å²) in [6.07, 6.45) is 0. The zero-order chi connectivity index (χ0) is 35.6. The molecule has 11 rings (SSSR count). The van der Waals surface area contributed by atoms with Crippen LogP contribution in [0.25, 0.3) is 83.4 Å². The Bertz CT molecular complexity index is 3140. The van der Waals surface area contributed by atoms with Crippen molar-refractivity contribution in [1.29, 1.82) is 0 Å². The first-order valence-corrected chi connectivity index (χ1v) is 20.5. The van der Waals surface area contributed by atoms with Crippen molar-refractivity contribution in [3.8, 4) is 32.8 Å². The number of hydrogen-bond acceptors (Lipinski definition) is 5. The van der Waals surface area contributed by atoms with Gasteiger partial charge in [-0.2, -0.15) is 0 Å². The lowest BCUT2D eigenvalue weighted by atomic mass is 10.0. The summed E-state index contributed by atoms with van der Waals surface area (Å²) in [5.74, 6) is 0. The molecular weight excluding hydrogens is 713 g/mol. The molecule has 2 nitrogen and oxygen atoms in total. The summed E-state index contributed by atoms with van der Waals surface area (Å²) in [4.78, 5) is 7.62. The molecule has 54 heavy (non-hydrogen) atoms. The number of thiazole rings is 1. The van der Waals surface area contributed by atoms with E-state index in [0.717, 1.165) is 27.5 Å². The van der Waals surface area contributed by atoms with Crippen LogP contribution < -0.4 is 4.90 Å². The fourth-order valence-corrected chi connectivity index (χ4v) is 10.9. The standard InChI is InChI=1S/C49H30N2S3/c1-3-10-31(11-4-1)32-18-23-36(24-19-32)51(40-15-9-17-43-46(40)38-14-7-8-16-41(38)52-43)37-25-20-33(21-26-37)35-22-27-42-39(30-35)47-44(53-42)28-29-45-48(47)50-49(54-45)34-12-5-2-6-13-34/h1-30H. The molecule has 3 aromatic heterocycles. The minimum Gasteiger partial charge on any atom is -0.310 e. The molecule has 0 N–H and O–H groups in total. The lowest BCUT2D eigenvalue weighted by molar-refractivity contribution is 1.30. The Morgan fingerprint density at radius 2 is 0.889 bits per heavy atom. The van der Waals surface area contributed by atoms with Gasteiger partial charge in [-0.3, -0.25) is 0 Å².